The van der Waals surface area contributed by atoms with Crippen molar-refractivity contribution in [1.82, 2.24) is 9.78 Å². The lowest BCUT2D eigenvalue weighted by molar-refractivity contribution is 0.278. The smallest absolute Gasteiger partial charge is 0.106 e. The van der Waals surface area contributed by atoms with Crippen LogP contribution in [0, 0.1) is 6.92 Å². The van der Waals surface area contributed by atoms with Crippen molar-refractivity contribution in [3.8, 4) is 5.69 Å². The third kappa shape index (κ3) is 3.01. The molecule has 0 bridgehead atoms. The van der Waals surface area contributed by atoms with Crippen LogP contribution < -0.4 is 0 Å². The van der Waals surface area contributed by atoms with Gasteiger partial charge in [-0.3, -0.25) is 0 Å². The van der Waals surface area contributed by atoms with Crippen molar-refractivity contribution in [2.45, 2.75) is 44.1 Å². The molecule has 0 aliphatic heterocycles. The van der Waals surface area contributed by atoms with Crippen LogP contribution in [0.1, 0.15) is 31.5 Å². The Bertz CT molecular complexity index is 537. The van der Waals surface area contributed by atoms with Gasteiger partial charge in [0.25, 0.3) is 0 Å². The number of hydrogen-bond donors (Lipinski definition) is 1. The van der Waals surface area contributed by atoms with Gasteiger partial charge in [-0.1, -0.05) is 32.0 Å². The Balaban J connectivity index is 2.48. The van der Waals surface area contributed by atoms with Crippen molar-refractivity contribution in [2.75, 3.05) is 0 Å². The molecule has 2 aromatic rings. The third-order valence-corrected chi connectivity index (χ3v) is 4.56. The second-order valence-corrected chi connectivity index (χ2v) is 6.04. The number of benzene rings is 1. The molecule has 0 aliphatic rings. The minimum absolute atomic E-state index is 0.0391. The Hall–Kier alpha value is -1.26. The lowest BCUT2D eigenvalue weighted by Gasteiger charge is -2.12. The monoisotopic (exact) mass is 276 g/mol. The molecule has 1 atom stereocenters. The zero-order valence-electron chi connectivity index (χ0n) is 11.6. The summed E-state index contributed by atoms with van der Waals surface area (Å²) in [5.41, 5.74) is 2.88. The molecule has 1 unspecified atom stereocenters. The zero-order chi connectivity index (χ0) is 13.8. The Labute approximate surface area is 118 Å². The lowest BCUT2D eigenvalue weighted by atomic mass is 10.3. The maximum atomic E-state index is 9.58. The number of aliphatic hydroxyl groups is 1. The highest BCUT2D eigenvalue weighted by molar-refractivity contribution is 7.99. The van der Waals surface area contributed by atoms with E-state index < -0.39 is 0 Å². The number of rotatable bonds is 5. The van der Waals surface area contributed by atoms with Gasteiger partial charge < -0.3 is 5.11 Å². The molecule has 2 rings (SSSR count). The number of hydrogen-bond acceptors (Lipinski definition) is 3. The third-order valence-electron chi connectivity index (χ3n) is 3.18. The summed E-state index contributed by atoms with van der Waals surface area (Å²) in [5, 5.41) is 15.7. The maximum Gasteiger partial charge on any atom is 0.106 e. The molecular weight excluding hydrogens is 256 g/mol. The van der Waals surface area contributed by atoms with E-state index in [9.17, 15) is 5.11 Å². The lowest BCUT2D eigenvalue weighted by Crippen LogP contribution is -2.02. The van der Waals surface area contributed by atoms with Crippen molar-refractivity contribution in [3.63, 3.8) is 0 Å². The minimum Gasteiger partial charge on any atom is -0.392 e. The van der Waals surface area contributed by atoms with Crippen molar-refractivity contribution in [3.05, 3.63) is 41.6 Å². The normalized spacial score (nSPS) is 12.6. The van der Waals surface area contributed by atoms with E-state index in [1.807, 2.05) is 41.9 Å². The molecule has 0 spiro atoms. The van der Waals surface area contributed by atoms with Gasteiger partial charge in [0.2, 0.25) is 0 Å². The Morgan fingerprint density at radius 2 is 2.00 bits per heavy atom. The first-order chi connectivity index (χ1) is 9.17. The molecule has 1 aromatic heterocycles. The molecule has 0 saturated heterocycles. The minimum atomic E-state index is 0.0391. The van der Waals surface area contributed by atoms with Gasteiger partial charge in [0.15, 0.2) is 0 Å². The number of aryl methyl sites for hydroxylation is 1. The first-order valence-electron chi connectivity index (χ1n) is 6.58. The highest BCUT2D eigenvalue weighted by Crippen LogP contribution is 2.32. The van der Waals surface area contributed by atoms with Gasteiger partial charge in [-0.2, -0.15) is 5.10 Å². The van der Waals surface area contributed by atoms with Crippen LogP contribution in [-0.2, 0) is 6.61 Å². The topological polar surface area (TPSA) is 38.1 Å². The first kappa shape index (κ1) is 14.2. The SMILES string of the molecule is CCC(C)Sc1c(CO)c(C)nn1-c1ccccc1. The van der Waals surface area contributed by atoms with Crippen LogP contribution in [0.25, 0.3) is 5.69 Å². The van der Waals surface area contributed by atoms with E-state index in [0.29, 0.717) is 5.25 Å². The molecule has 4 heteroatoms. The summed E-state index contributed by atoms with van der Waals surface area (Å²) in [6.45, 7) is 6.36. The highest BCUT2D eigenvalue weighted by Gasteiger charge is 2.18. The summed E-state index contributed by atoms with van der Waals surface area (Å²) in [7, 11) is 0. The number of aromatic nitrogens is 2. The van der Waals surface area contributed by atoms with Gasteiger partial charge >= 0.3 is 0 Å². The number of nitrogens with zero attached hydrogens (tertiary/aromatic N) is 2. The van der Waals surface area contributed by atoms with Gasteiger partial charge in [0.1, 0.15) is 5.03 Å². The average molecular weight is 276 g/mol. The van der Waals surface area contributed by atoms with Gasteiger partial charge in [0, 0.05) is 10.8 Å². The summed E-state index contributed by atoms with van der Waals surface area (Å²) in [6, 6.07) is 10.1. The predicted molar refractivity (Wildman–Crippen MR) is 79.8 cm³/mol. The fourth-order valence-electron chi connectivity index (χ4n) is 1.86. The van der Waals surface area contributed by atoms with Crippen LogP contribution in [0.3, 0.4) is 0 Å². The fraction of sp³-hybridized carbons (Fsp3) is 0.400. The maximum absolute atomic E-state index is 9.58. The van der Waals surface area contributed by atoms with Gasteiger partial charge in [-0.15, -0.1) is 11.8 Å². The molecule has 1 N–H and O–H groups in total. The number of aliphatic hydroxyl groups excluding tert-OH is 1. The van der Waals surface area contributed by atoms with Crippen LogP contribution in [0.5, 0.6) is 0 Å². The number of thioether (sulfide) groups is 1. The quantitative estimate of drug-likeness (QED) is 0.848. The predicted octanol–water partition coefficient (Wildman–Crippen LogP) is 3.56. The molecular formula is C15H20N2OS. The molecule has 0 fully saturated rings. The summed E-state index contributed by atoms with van der Waals surface area (Å²) in [6.07, 6.45) is 1.09. The molecule has 1 aromatic carbocycles. The Morgan fingerprint density at radius 1 is 1.32 bits per heavy atom. The van der Waals surface area contributed by atoms with E-state index >= 15 is 0 Å². The van der Waals surface area contributed by atoms with Crippen LogP contribution in [0.15, 0.2) is 35.4 Å². The summed E-state index contributed by atoms with van der Waals surface area (Å²) in [5.74, 6) is 0. The standard InChI is InChI=1S/C15H20N2OS/c1-4-11(2)19-15-14(10-18)12(3)16-17(15)13-8-6-5-7-9-13/h5-9,11,18H,4,10H2,1-3H3. The molecule has 102 valence electrons. The molecule has 19 heavy (non-hydrogen) atoms. The molecule has 0 radical (unpaired) electrons. The molecule has 3 nitrogen and oxygen atoms in total. The van der Waals surface area contributed by atoms with E-state index in [4.69, 9.17) is 0 Å². The van der Waals surface area contributed by atoms with Crippen LogP contribution in [0.2, 0.25) is 0 Å². The second kappa shape index (κ2) is 6.26. The van der Waals surface area contributed by atoms with Crippen LogP contribution >= 0.6 is 11.8 Å². The summed E-state index contributed by atoms with van der Waals surface area (Å²) in [4.78, 5) is 0. The van der Waals surface area contributed by atoms with E-state index in [1.54, 1.807) is 11.8 Å². The molecule has 0 amide bonds. The van der Waals surface area contributed by atoms with E-state index in [-0.39, 0.29) is 6.61 Å². The van der Waals surface area contributed by atoms with Gasteiger partial charge in [0.05, 0.1) is 18.0 Å². The van der Waals surface area contributed by atoms with Crippen molar-refractivity contribution < 1.29 is 5.11 Å². The van der Waals surface area contributed by atoms with Crippen molar-refractivity contribution in [1.29, 1.82) is 0 Å². The summed E-state index contributed by atoms with van der Waals surface area (Å²) >= 11 is 1.78. The highest BCUT2D eigenvalue weighted by atomic mass is 32.2. The second-order valence-electron chi connectivity index (χ2n) is 4.61. The van der Waals surface area contributed by atoms with Crippen molar-refractivity contribution in [2.24, 2.45) is 0 Å². The Kier molecular flexibility index (Phi) is 4.66. The summed E-state index contributed by atoms with van der Waals surface area (Å²) < 4.78 is 1.94. The molecule has 1 heterocycles. The van der Waals surface area contributed by atoms with Crippen LogP contribution in [0.4, 0.5) is 0 Å². The van der Waals surface area contributed by atoms with Gasteiger partial charge in [-0.05, 0) is 25.5 Å². The van der Waals surface area contributed by atoms with E-state index in [1.165, 1.54) is 0 Å². The fourth-order valence-corrected chi connectivity index (χ4v) is 3.01. The largest absolute Gasteiger partial charge is 0.392 e. The van der Waals surface area contributed by atoms with E-state index in [0.717, 1.165) is 28.4 Å². The first-order valence-corrected chi connectivity index (χ1v) is 7.46. The number of para-hydroxylation sites is 1. The molecule has 0 aliphatic carbocycles. The van der Waals surface area contributed by atoms with Gasteiger partial charge in [-0.25, -0.2) is 4.68 Å². The zero-order valence-corrected chi connectivity index (χ0v) is 12.4. The van der Waals surface area contributed by atoms with E-state index in [2.05, 4.69) is 18.9 Å². The van der Waals surface area contributed by atoms with Crippen molar-refractivity contribution >= 4 is 11.8 Å². The molecule has 0 saturated carbocycles. The van der Waals surface area contributed by atoms with Crippen LogP contribution in [-0.4, -0.2) is 20.1 Å². The average Bonchev–Trinajstić information content (AvgIpc) is 2.75. The Morgan fingerprint density at radius 3 is 2.58 bits per heavy atom.